The fourth-order valence-corrected chi connectivity index (χ4v) is 2.66. The number of aromatic hydroxyl groups is 1. The number of phenolic OH excluding ortho intramolecular Hbond substituents is 1. The van der Waals surface area contributed by atoms with Crippen molar-refractivity contribution in [3.63, 3.8) is 0 Å². The number of benzene rings is 2. The normalized spacial score (nSPS) is 11.4. The first-order valence-corrected chi connectivity index (χ1v) is 7.75. The zero-order valence-corrected chi connectivity index (χ0v) is 13.2. The monoisotopic (exact) mass is 330 g/mol. The molecule has 2 aromatic heterocycles. The highest BCUT2D eigenvalue weighted by Gasteiger charge is 2.11. The summed E-state index contributed by atoms with van der Waals surface area (Å²) < 4.78 is 6.81. The van der Waals surface area contributed by atoms with Gasteiger partial charge in [0.15, 0.2) is 0 Å². The van der Waals surface area contributed by atoms with Crippen LogP contribution in [0.5, 0.6) is 5.75 Å². The molecule has 0 aliphatic carbocycles. The van der Waals surface area contributed by atoms with E-state index in [2.05, 4.69) is 4.98 Å². The summed E-state index contributed by atoms with van der Waals surface area (Å²) in [5.74, 6) is 1.28. The number of furan rings is 1. The van der Waals surface area contributed by atoms with Gasteiger partial charge in [0.2, 0.25) is 0 Å². The van der Waals surface area contributed by atoms with Crippen LogP contribution in [0, 0.1) is 0 Å². The molecule has 0 aliphatic heterocycles. The third-order valence-corrected chi connectivity index (χ3v) is 3.85. The van der Waals surface area contributed by atoms with E-state index in [1.54, 1.807) is 42.7 Å². The van der Waals surface area contributed by atoms with Gasteiger partial charge in [-0.3, -0.25) is 9.36 Å². The summed E-state index contributed by atoms with van der Waals surface area (Å²) in [4.78, 5) is 17.6. The first-order chi connectivity index (χ1) is 12.2. The lowest BCUT2D eigenvalue weighted by atomic mass is 10.2. The molecule has 25 heavy (non-hydrogen) atoms. The Morgan fingerprint density at radius 3 is 2.52 bits per heavy atom. The smallest absolute Gasteiger partial charge is 0.266 e. The van der Waals surface area contributed by atoms with Crippen LogP contribution in [0.4, 0.5) is 0 Å². The SMILES string of the molecule is O=c1c2ccccc2nc(C=Cc2ccco2)n1-c1ccc(O)cc1. The fourth-order valence-electron chi connectivity index (χ4n) is 2.66. The maximum absolute atomic E-state index is 13.0. The molecule has 122 valence electrons. The molecule has 0 radical (unpaired) electrons. The van der Waals surface area contributed by atoms with Crippen LogP contribution in [-0.2, 0) is 0 Å². The van der Waals surface area contributed by atoms with Gasteiger partial charge in [0.25, 0.3) is 5.56 Å². The maximum atomic E-state index is 13.0. The number of fused-ring (bicyclic) bond motifs is 1. The molecule has 2 heterocycles. The number of phenols is 1. The topological polar surface area (TPSA) is 68.3 Å². The Bertz CT molecular complexity index is 1110. The van der Waals surface area contributed by atoms with Gasteiger partial charge < -0.3 is 9.52 Å². The van der Waals surface area contributed by atoms with E-state index in [0.717, 1.165) is 0 Å². The van der Waals surface area contributed by atoms with Gasteiger partial charge in [-0.1, -0.05) is 12.1 Å². The van der Waals surface area contributed by atoms with Gasteiger partial charge in [-0.2, -0.15) is 0 Å². The van der Waals surface area contributed by atoms with Gasteiger partial charge >= 0.3 is 0 Å². The Morgan fingerprint density at radius 1 is 0.960 bits per heavy atom. The highest BCUT2D eigenvalue weighted by Crippen LogP contribution is 2.17. The van der Waals surface area contributed by atoms with Crippen LogP contribution in [0.1, 0.15) is 11.6 Å². The van der Waals surface area contributed by atoms with Gasteiger partial charge in [-0.25, -0.2) is 4.98 Å². The molecule has 2 aromatic carbocycles. The number of nitrogens with zero attached hydrogens (tertiary/aromatic N) is 2. The van der Waals surface area contributed by atoms with Crippen LogP contribution in [-0.4, -0.2) is 14.7 Å². The first-order valence-electron chi connectivity index (χ1n) is 7.75. The summed E-state index contributed by atoms with van der Waals surface area (Å²) in [6, 6.07) is 17.3. The van der Waals surface area contributed by atoms with E-state index in [1.165, 1.54) is 16.7 Å². The lowest BCUT2D eigenvalue weighted by Gasteiger charge is -2.11. The average molecular weight is 330 g/mol. The number of para-hydroxylation sites is 1. The van der Waals surface area contributed by atoms with Crippen molar-refractivity contribution in [3.8, 4) is 11.4 Å². The van der Waals surface area contributed by atoms with Crippen LogP contribution in [0.2, 0.25) is 0 Å². The molecule has 4 rings (SSSR count). The molecule has 5 nitrogen and oxygen atoms in total. The molecule has 0 fully saturated rings. The predicted molar refractivity (Wildman–Crippen MR) is 96.6 cm³/mol. The highest BCUT2D eigenvalue weighted by atomic mass is 16.3. The van der Waals surface area contributed by atoms with Gasteiger partial charge in [-0.05, 0) is 60.7 Å². The molecule has 0 spiro atoms. The van der Waals surface area contributed by atoms with Crippen molar-refractivity contribution in [2.45, 2.75) is 0 Å². The van der Waals surface area contributed by atoms with Crippen LogP contribution < -0.4 is 5.56 Å². The molecular formula is C20H14N2O3. The summed E-state index contributed by atoms with van der Waals surface area (Å²) in [5.41, 5.74) is 1.08. The maximum Gasteiger partial charge on any atom is 0.266 e. The molecule has 4 aromatic rings. The predicted octanol–water partition coefficient (Wildman–Crippen LogP) is 3.85. The van der Waals surface area contributed by atoms with Gasteiger partial charge in [-0.15, -0.1) is 0 Å². The molecule has 0 amide bonds. The van der Waals surface area contributed by atoms with E-state index in [4.69, 9.17) is 4.42 Å². The number of rotatable bonds is 3. The van der Waals surface area contributed by atoms with Crippen molar-refractivity contribution in [3.05, 3.63) is 88.9 Å². The summed E-state index contributed by atoms with van der Waals surface area (Å²) in [5, 5.41) is 10.0. The van der Waals surface area contributed by atoms with Crippen LogP contribution in [0.25, 0.3) is 28.7 Å². The second-order valence-corrected chi connectivity index (χ2v) is 5.49. The molecule has 0 saturated heterocycles. The molecule has 0 bridgehead atoms. The van der Waals surface area contributed by atoms with Crippen molar-refractivity contribution >= 4 is 23.1 Å². The molecule has 0 saturated carbocycles. The van der Waals surface area contributed by atoms with Crippen LogP contribution >= 0.6 is 0 Å². The second kappa shape index (κ2) is 6.13. The minimum absolute atomic E-state index is 0.137. The summed E-state index contributed by atoms with van der Waals surface area (Å²) in [7, 11) is 0. The van der Waals surface area contributed by atoms with Crippen molar-refractivity contribution in [2.24, 2.45) is 0 Å². The fraction of sp³-hybridized carbons (Fsp3) is 0. The van der Waals surface area contributed by atoms with E-state index >= 15 is 0 Å². The third kappa shape index (κ3) is 2.83. The van der Waals surface area contributed by atoms with E-state index in [0.29, 0.717) is 28.2 Å². The summed E-state index contributed by atoms with van der Waals surface area (Å²) >= 11 is 0. The summed E-state index contributed by atoms with van der Waals surface area (Å²) in [6.45, 7) is 0. The largest absolute Gasteiger partial charge is 0.508 e. The average Bonchev–Trinajstić information content (AvgIpc) is 3.15. The zero-order chi connectivity index (χ0) is 17.2. The zero-order valence-electron chi connectivity index (χ0n) is 13.2. The lowest BCUT2D eigenvalue weighted by molar-refractivity contribution is 0.475. The quantitative estimate of drug-likeness (QED) is 0.619. The van der Waals surface area contributed by atoms with Crippen molar-refractivity contribution < 1.29 is 9.52 Å². The Morgan fingerprint density at radius 2 is 1.76 bits per heavy atom. The minimum atomic E-state index is -0.171. The van der Waals surface area contributed by atoms with Gasteiger partial charge in [0, 0.05) is 0 Å². The number of hydrogen-bond donors (Lipinski definition) is 1. The Hall–Kier alpha value is -3.60. The van der Waals surface area contributed by atoms with Gasteiger partial charge in [0.1, 0.15) is 17.3 Å². The summed E-state index contributed by atoms with van der Waals surface area (Å²) in [6.07, 6.45) is 5.08. The number of aromatic nitrogens is 2. The van der Waals surface area contributed by atoms with E-state index < -0.39 is 0 Å². The van der Waals surface area contributed by atoms with E-state index in [9.17, 15) is 9.90 Å². The second-order valence-electron chi connectivity index (χ2n) is 5.49. The Kier molecular flexibility index (Phi) is 3.67. The van der Waals surface area contributed by atoms with Crippen molar-refractivity contribution in [2.75, 3.05) is 0 Å². The molecule has 1 N–H and O–H groups in total. The third-order valence-electron chi connectivity index (χ3n) is 3.85. The van der Waals surface area contributed by atoms with Crippen LogP contribution in [0.3, 0.4) is 0 Å². The lowest BCUT2D eigenvalue weighted by Crippen LogP contribution is -2.22. The molecule has 0 unspecified atom stereocenters. The minimum Gasteiger partial charge on any atom is -0.508 e. The van der Waals surface area contributed by atoms with Gasteiger partial charge in [0.05, 0.1) is 22.9 Å². The van der Waals surface area contributed by atoms with E-state index in [1.807, 2.05) is 24.3 Å². The van der Waals surface area contributed by atoms with E-state index in [-0.39, 0.29) is 11.3 Å². The Balaban J connectivity index is 1.97. The molecule has 0 aliphatic rings. The Labute approximate surface area is 143 Å². The molecule has 5 heteroatoms. The molecular weight excluding hydrogens is 316 g/mol. The van der Waals surface area contributed by atoms with Crippen molar-refractivity contribution in [1.82, 2.24) is 9.55 Å². The molecule has 0 atom stereocenters. The highest BCUT2D eigenvalue weighted by molar-refractivity contribution is 5.79. The first kappa shape index (κ1) is 15.0. The van der Waals surface area contributed by atoms with Crippen molar-refractivity contribution in [1.29, 1.82) is 0 Å². The van der Waals surface area contributed by atoms with Crippen LogP contribution in [0.15, 0.2) is 76.1 Å². The standard InChI is InChI=1S/C20H14N2O3/c23-15-9-7-14(8-10-15)22-19(12-11-16-4-3-13-25-16)21-18-6-2-1-5-17(18)20(22)24/h1-13,23H. The number of hydrogen-bond acceptors (Lipinski definition) is 4.